The quantitative estimate of drug-likeness (QED) is 0.663. The van der Waals surface area contributed by atoms with E-state index in [0.717, 1.165) is 17.1 Å². The van der Waals surface area contributed by atoms with E-state index in [4.69, 9.17) is 14.2 Å². The van der Waals surface area contributed by atoms with Crippen LogP contribution < -0.4 is 0 Å². The normalized spacial score (nSPS) is 20.5. The van der Waals surface area contributed by atoms with Gasteiger partial charge >= 0.3 is 0 Å². The van der Waals surface area contributed by atoms with Crippen LogP contribution in [0.4, 0.5) is 0 Å². The Kier molecular flexibility index (Phi) is 4.22. The van der Waals surface area contributed by atoms with E-state index in [2.05, 4.69) is 12.3 Å². The van der Waals surface area contributed by atoms with Crippen molar-refractivity contribution in [2.45, 2.75) is 12.5 Å². The van der Waals surface area contributed by atoms with Crippen molar-refractivity contribution in [1.82, 2.24) is 0 Å². The Balaban J connectivity index is 3.12. The average molecular weight is 208 g/mol. The summed E-state index contributed by atoms with van der Waals surface area (Å²) in [6.07, 6.45) is 4.27. The Hall–Kier alpha value is -1.44. The van der Waals surface area contributed by atoms with Crippen molar-refractivity contribution in [3.8, 4) is 0 Å². The number of allylic oxidation sites excluding steroid dienone is 1. The third-order valence-electron chi connectivity index (χ3n) is 2.33. The molecule has 0 aromatic rings. The Morgan fingerprint density at radius 2 is 2.13 bits per heavy atom. The Morgan fingerprint density at radius 1 is 1.40 bits per heavy atom. The van der Waals surface area contributed by atoms with E-state index in [1.54, 1.807) is 27.4 Å². The summed E-state index contributed by atoms with van der Waals surface area (Å²) in [7, 11) is 4.92. The third-order valence-corrected chi connectivity index (χ3v) is 2.33. The van der Waals surface area contributed by atoms with Crippen molar-refractivity contribution in [2.75, 3.05) is 21.3 Å². The molecule has 0 bridgehead atoms. The third kappa shape index (κ3) is 2.52. The van der Waals surface area contributed by atoms with Gasteiger partial charge in [0.1, 0.15) is 11.5 Å². The second-order valence-corrected chi connectivity index (χ2v) is 3.12. The van der Waals surface area contributed by atoms with E-state index in [1.807, 2.05) is 6.08 Å². The zero-order chi connectivity index (χ0) is 11.3. The lowest BCUT2D eigenvalue weighted by molar-refractivity contribution is 0.107. The predicted molar refractivity (Wildman–Crippen MR) is 58.3 cm³/mol. The van der Waals surface area contributed by atoms with E-state index < -0.39 is 0 Å². The maximum atomic E-state index is 5.36. The minimum absolute atomic E-state index is 0.0610. The van der Waals surface area contributed by atoms with Crippen LogP contribution >= 0.6 is 0 Å². The summed E-state index contributed by atoms with van der Waals surface area (Å²) < 4.78 is 15.8. The molecule has 0 heterocycles. The van der Waals surface area contributed by atoms with Crippen molar-refractivity contribution in [2.24, 2.45) is 0 Å². The fourth-order valence-electron chi connectivity index (χ4n) is 1.54. The number of hydrogen-bond acceptors (Lipinski definition) is 3. The van der Waals surface area contributed by atoms with Crippen molar-refractivity contribution >= 4 is 0 Å². The summed E-state index contributed by atoms with van der Waals surface area (Å²) >= 11 is 0. The van der Waals surface area contributed by atoms with Gasteiger partial charge in [0.2, 0.25) is 0 Å². The van der Waals surface area contributed by atoms with Crippen molar-refractivity contribution in [3.63, 3.8) is 0 Å². The molecule has 0 fully saturated rings. The first-order chi connectivity index (χ1) is 7.26. The lowest BCUT2D eigenvalue weighted by atomic mass is 9.98. The molecule has 0 spiro atoms. The number of rotatable bonds is 4. The van der Waals surface area contributed by atoms with Gasteiger partial charge in [0.25, 0.3) is 0 Å². The minimum Gasteiger partial charge on any atom is -0.501 e. The van der Waals surface area contributed by atoms with Gasteiger partial charge in [0.05, 0.1) is 20.3 Å². The van der Waals surface area contributed by atoms with Crippen LogP contribution in [0.1, 0.15) is 6.42 Å². The summed E-state index contributed by atoms with van der Waals surface area (Å²) in [5.41, 5.74) is 3.68. The molecule has 0 aromatic carbocycles. The summed E-state index contributed by atoms with van der Waals surface area (Å²) in [4.78, 5) is 0. The highest BCUT2D eigenvalue weighted by atomic mass is 16.5. The van der Waals surface area contributed by atoms with E-state index in [9.17, 15) is 0 Å². The molecule has 1 aliphatic carbocycles. The molecule has 3 nitrogen and oxygen atoms in total. The van der Waals surface area contributed by atoms with Gasteiger partial charge in [0.15, 0.2) is 0 Å². The molecule has 0 amide bonds. The van der Waals surface area contributed by atoms with E-state index in [0.29, 0.717) is 6.42 Å². The first kappa shape index (κ1) is 11.6. The van der Waals surface area contributed by atoms with Gasteiger partial charge in [-0.25, -0.2) is 0 Å². The van der Waals surface area contributed by atoms with Crippen LogP contribution in [-0.2, 0) is 14.2 Å². The van der Waals surface area contributed by atoms with Gasteiger partial charge in [-0.05, 0) is 6.08 Å². The highest BCUT2D eigenvalue weighted by Crippen LogP contribution is 2.27. The highest BCUT2D eigenvalue weighted by Gasteiger charge is 2.23. The number of methoxy groups -OCH3 is 3. The van der Waals surface area contributed by atoms with Gasteiger partial charge in [-0.1, -0.05) is 6.58 Å². The first-order valence-electron chi connectivity index (χ1n) is 4.68. The first-order valence-corrected chi connectivity index (χ1v) is 4.68. The molecule has 1 atom stereocenters. The summed E-state index contributed by atoms with van der Waals surface area (Å²) in [5, 5.41) is 0. The Labute approximate surface area is 90.3 Å². The summed E-state index contributed by atoms with van der Waals surface area (Å²) in [6.45, 7) is 3.55. The van der Waals surface area contributed by atoms with Gasteiger partial charge in [-0.15, -0.1) is 5.73 Å². The molecular formula is C12H16O3. The minimum atomic E-state index is -0.0610. The van der Waals surface area contributed by atoms with Crippen LogP contribution in [0, 0.1) is 0 Å². The molecule has 0 saturated heterocycles. The zero-order valence-electron chi connectivity index (χ0n) is 9.37. The molecule has 0 N–H and O–H groups in total. The van der Waals surface area contributed by atoms with Crippen molar-refractivity contribution in [1.29, 1.82) is 0 Å². The lowest BCUT2D eigenvalue weighted by Gasteiger charge is -2.23. The molecule has 0 radical (unpaired) electrons. The molecule has 15 heavy (non-hydrogen) atoms. The van der Waals surface area contributed by atoms with E-state index in [1.165, 1.54) is 0 Å². The molecule has 0 aliphatic heterocycles. The topological polar surface area (TPSA) is 27.7 Å². The van der Waals surface area contributed by atoms with Crippen LogP contribution in [-0.4, -0.2) is 27.4 Å². The molecule has 0 unspecified atom stereocenters. The highest BCUT2D eigenvalue weighted by molar-refractivity contribution is 5.37. The van der Waals surface area contributed by atoms with E-state index in [-0.39, 0.29) is 6.10 Å². The standard InChI is InChI=1S/C12H16O3/c1-5-6-10-11(14-3)7-9(13-2)8-12(10)15-4/h6-7,12H,1,8H2,2-4H3/t12-/m0/s1. The molecule has 0 aromatic heterocycles. The number of hydrogen-bond donors (Lipinski definition) is 0. The van der Waals surface area contributed by atoms with E-state index >= 15 is 0 Å². The van der Waals surface area contributed by atoms with Gasteiger partial charge in [-0.3, -0.25) is 0 Å². The smallest absolute Gasteiger partial charge is 0.128 e. The molecular weight excluding hydrogens is 192 g/mol. The van der Waals surface area contributed by atoms with Gasteiger partial charge in [0, 0.05) is 25.2 Å². The zero-order valence-corrected chi connectivity index (χ0v) is 9.37. The van der Waals surface area contributed by atoms with Crippen LogP contribution in [0.15, 0.2) is 41.6 Å². The summed E-state index contributed by atoms with van der Waals surface area (Å²) in [5.74, 6) is 1.58. The van der Waals surface area contributed by atoms with Gasteiger partial charge in [-0.2, -0.15) is 0 Å². The second kappa shape index (κ2) is 5.44. The monoisotopic (exact) mass is 208 g/mol. The molecule has 1 aliphatic rings. The largest absolute Gasteiger partial charge is 0.501 e. The van der Waals surface area contributed by atoms with Crippen LogP contribution in [0.25, 0.3) is 0 Å². The average Bonchev–Trinajstić information content (AvgIpc) is 2.29. The molecule has 3 heteroatoms. The van der Waals surface area contributed by atoms with Crippen molar-refractivity contribution < 1.29 is 14.2 Å². The lowest BCUT2D eigenvalue weighted by Crippen LogP contribution is -2.20. The predicted octanol–water partition coefficient (Wildman–Crippen LogP) is 2.18. The SMILES string of the molecule is C=C=CC1=C(OC)C=C(OC)C[C@@H]1OC. The number of ether oxygens (including phenoxy) is 3. The fraction of sp³-hybridized carbons (Fsp3) is 0.417. The van der Waals surface area contributed by atoms with Gasteiger partial charge < -0.3 is 14.2 Å². The Bertz CT molecular complexity index is 333. The van der Waals surface area contributed by atoms with Crippen LogP contribution in [0.2, 0.25) is 0 Å². The van der Waals surface area contributed by atoms with Crippen LogP contribution in [0.5, 0.6) is 0 Å². The second-order valence-electron chi connectivity index (χ2n) is 3.12. The molecule has 1 rings (SSSR count). The van der Waals surface area contributed by atoms with Crippen LogP contribution in [0.3, 0.4) is 0 Å². The van der Waals surface area contributed by atoms with Crippen molar-refractivity contribution in [3.05, 3.63) is 41.6 Å². The Morgan fingerprint density at radius 3 is 2.60 bits per heavy atom. The maximum absolute atomic E-state index is 5.36. The summed E-state index contributed by atoms with van der Waals surface area (Å²) in [6, 6.07) is 0. The molecule has 0 saturated carbocycles. The maximum Gasteiger partial charge on any atom is 0.128 e. The molecule has 82 valence electrons. The fourth-order valence-corrected chi connectivity index (χ4v) is 1.54.